The number of nitro benzene ring substituents is 1. The second-order valence-electron chi connectivity index (χ2n) is 7.70. The number of amides is 1. The Bertz CT molecular complexity index is 1270. The summed E-state index contributed by atoms with van der Waals surface area (Å²) >= 11 is 1.19. The molecule has 1 aromatic carbocycles. The van der Waals surface area contributed by atoms with Gasteiger partial charge < -0.3 is 14.6 Å². The first-order chi connectivity index (χ1) is 15.8. The maximum atomic E-state index is 12.6. The molecular weight excluding hydrogens is 452 g/mol. The first kappa shape index (κ1) is 22.9. The Morgan fingerprint density at radius 2 is 1.82 bits per heavy atom. The first-order valence-corrected chi connectivity index (χ1v) is 11.2. The highest BCUT2D eigenvalue weighted by Gasteiger charge is 2.22. The van der Waals surface area contributed by atoms with E-state index in [-0.39, 0.29) is 22.8 Å². The number of carbonyl (C=O) groups is 1. The average molecular weight is 477 g/mol. The molecule has 0 bridgehead atoms. The van der Waals surface area contributed by atoms with Gasteiger partial charge in [0.25, 0.3) is 5.69 Å². The molecule has 0 radical (unpaired) electrons. The molecule has 0 saturated carbocycles. The van der Waals surface area contributed by atoms with Crippen LogP contribution in [0.1, 0.15) is 5.82 Å². The Labute approximate surface area is 192 Å². The minimum Gasteiger partial charge on any atom is -0.379 e. The number of rotatable bonds is 7. The van der Waals surface area contributed by atoms with E-state index in [2.05, 4.69) is 20.4 Å². The van der Waals surface area contributed by atoms with Crippen molar-refractivity contribution in [3.05, 3.63) is 38.6 Å². The summed E-state index contributed by atoms with van der Waals surface area (Å²) in [6.07, 6.45) is 0. The normalized spacial score (nSPS) is 14.6. The third kappa shape index (κ3) is 4.62. The van der Waals surface area contributed by atoms with Crippen LogP contribution >= 0.6 is 11.8 Å². The number of imidazole rings is 1. The number of aromatic nitrogens is 5. The lowest BCUT2D eigenvalue weighted by Gasteiger charge is -2.25. The second kappa shape index (κ2) is 9.33. The summed E-state index contributed by atoms with van der Waals surface area (Å²) in [7, 11) is 4.95. The van der Waals surface area contributed by atoms with Crippen LogP contribution in [0.15, 0.2) is 22.1 Å². The number of thioether (sulfide) groups is 1. The Morgan fingerprint density at radius 3 is 2.48 bits per heavy atom. The van der Waals surface area contributed by atoms with E-state index in [1.54, 1.807) is 7.05 Å². The van der Waals surface area contributed by atoms with E-state index in [0.29, 0.717) is 35.9 Å². The van der Waals surface area contributed by atoms with Crippen molar-refractivity contribution in [3.8, 4) is 0 Å². The van der Waals surface area contributed by atoms with Crippen LogP contribution in [0.25, 0.3) is 11.0 Å². The van der Waals surface area contributed by atoms with Crippen LogP contribution in [-0.2, 0) is 37.2 Å². The van der Waals surface area contributed by atoms with E-state index in [1.807, 2.05) is 11.6 Å². The minimum absolute atomic E-state index is 0.00750. The van der Waals surface area contributed by atoms with E-state index < -0.39 is 10.8 Å². The second-order valence-corrected chi connectivity index (χ2v) is 8.64. The third-order valence-corrected chi connectivity index (χ3v) is 6.61. The summed E-state index contributed by atoms with van der Waals surface area (Å²) in [6, 6.07) is 2.74. The van der Waals surface area contributed by atoms with E-state index in [9.17, 15) is 19.7 Å². The lowest BCUT2D eigenvalue weighted by Crippen LogP contribution is -2.36. The van der Waals surface area contributed by atoms with Crippen molar-refractivity contribution in [1.29, 1.82) is 0 Å². The quantitative estimate of drug-likeness (QED) is 0.292. The fourth-order valence-electron chi connectivity index (χ4n) is 3.67. The Balaban J connectivity index is 1.46. The average Bonchev–Trinajstić information content (AvgIpc) is 3.24. The van der Waals surface area contributed by atoms with Crippen LogP contribution in [0, 0.1) is 10.1 Å². The van der Waals surface area contributed by atoms with Crippen LogP contribution in [0.3, 0.4) is 0 Å². The van der Waals surface area contributed by atoms with Gasteiger partial charge in [0.1, 0.15) is 11.5 Å². The molecular formula is C19H24N8O5S. The molecule has 1 aliphatic heterocycles. The molecule has 1 aliphatic rings. The van der Waals surface area contributed by atoms with Gasteiger partial charge in [0.2, 0.25) is 5.91 Å². The summed E-state index contributed by atoms with van der Waals surface area (Å²) < 4.78 is 9.89. The van der Waals surface area contributed by atoms with Gasteiger partial charge in [0, 0.05) is 40.3 Å². The van der Waals surface area contributed by atoms with Gasteiger partial charge in [-0.2, -0.15) is 0 Å². The molecule has 13 nitrogen and oxygen atoms in total. The van der Waals surface area contributed by atoms with Crippen molar-refractivity contribution >= 4 is 40.1 Å². The van der Waals surface area contributed by atoms with Gasteiger partial charge in [0.15, 0.2) is 5.16 Å². The van der Waals surface area contributed by atoms with E-state index >= 15 is 0 Å². The number of benzene rings is 1. The van der Waals surface area contributed by atoms with Crippen LogP contribution in [0.2, 0.25) is 0 Å². The van der Waals surface area contributed by atoms with Crippen LogP contribution in [-0.4, -0.2) is 71.7 Å². The van der Waals surface area contributed by atoms with Gasteiger partial charge in [-0.3, -0.25) is 28.9 Å². The van der Waals surface area contributed by atoms with Crippen molar-refractivity contribution < 1.29 is 14.5 Å². The molecule has 0 atom stereocenters. The van der Waals surface area contributed by atoms with Gasteiger partial charge in [-0.25, -0.2) is 4.79 Å². The maximum absolute atomic E-state index is 12.6. The summed E-state index contributed by atoms with van der Waals surface area (Å²) in [5.74, 6) is 0.346. The molecule has 0 spiro atoms. The number of ether oxygens (including phenoxy) is 1. The highest BCUT2D eigenvalue weighted by Crippen LogP contribution is 2.30. The predicted molar refractivity (Wildman–Crippen MR) is 121 cm³/mol. The molecule has 2 aromatic heterocycles. The monoisotopic (exact) mass is 476 g/mol. The first-order valence-electron chi connectivity index (χ1n) is 10.2. The van der Waals surface area contributed by atoms with Crippen LogP contribution < -0.4 is 11.0 Å². The molecule has 33 heavy (non-hydrogen) atoms. The third-order valence-electron chi connectivity index (χ3n) is 5.59. The molecule has 1 fully saturated rings. The van der Waals surface area contributed by atoms with Gasteiger partial charge in [-0.1, -0.05) is 11.8 Å². The molecule has 1 amide bonds. The topological polar surface area (TPSA) is 142 Å². The van der Waals surface area contributed by atoms with Gasteiger partial charge in [-0.05, 0) is 6.07 Å². The van der Waals surface area contributed by atoms with Gasteiger partial charge in [-0.15, -0.1) is 10.2 Å². The van der Waals surface area contributed by atoms with Crippen molar-refractivity contribution in [2.24, 2.45) is 21.1 Å². The fourth-order valence-corrected chi connectivity index (χ4v) is 4.40. The zero-order valence-electron chi connectivity index (χ0n) is 18.5. The highest BCUT2D eigenvalue weighted by molar-refractivity contribution is 7.99. The summed E-state index contributed by atoms with van der Waals surface area (Å²) in [4.78, 5) is 37.9. The number of nitro groups is 1. The standard InChI is InChI=1S/C19H24N8O5S/c1-23-14-8-12(13(27(30)31)9-15(14)24(2)19(23)29)20-17(28)11-33-18-22-21-16(25(18)3)10-26-4-6-32-7-5-26/h8-9H,4-7,10-11H2,1-3H3,(H,20,28). The van der Waals surface area contributed by atoms with Crippen molar-refractivity contribution in [1.82, 2.24) is 28.8 Å². The Hall–Kier alpha value is -3.23. The number of hydrogen-bond acceptors (Lipinski definition) is 9. The van der Waals surface area contributed by atoms with Gasteiger partial charge in [0.05, 0.1) is 41.5 Å². The number of fused-ring (bicyclic) bond motifs is 1. The minimum atomic E-state index is -0.583. The van der Waals surface area contributed by atoms with Crippen LogP contribution in [0.5, 0.6) is 0 Å². The number of morpholine rings is 1. The number of aryl methyl sites for hydroxylation is 2. The SMILES string of the molecule is Cn1c(CN2CCOCC2)nnc1SCC(=O)Nc1cc2c(cc1[N+](=O)[O-])n(C)c(=O)n2C. The smallest absolute Gasteiger partial charge is 0.328 e. The summed E-state index contributed by atoms with van der Waals surface area (Å²) in [6.45, 7) is 3.67. The zero-order chi connectivity index (χ0) is 23.7. The number of anilines is 1. The molecule has 1 saturated heterocycles. The lowest BCUT2D eigenvalue weighted by molar-refractivity contribution is -0.383. The van der Waals surface area contributed by atoms with Gasteiger partial charge >= 0.3 is 5.69 Å². The Morgan fingerprint density at radius 1 is 1.15 bits per heavy atom. The number of nitrogens with zero attached hydrogens (tertiary/aromatic N) is 7. The molecule has 0 unspecified atom stereocenters. The number of hydrogen-bond donors (Lipinski definition) is 1. The maximum Gasteiger partial charge on any atom is 0.328 e. The van der Waals surface area contributed by atoms with E-state index in [1.165, 1.54) is 40.1 Å². The highest BCUT2D eigenvalue weighted by atomic mass is 32.2. The molecule has 176 valence electrons. The summed E-state index contributed by atoms with van der Waals surface area (Å²) in [5, 5.41) is 23.1. The van der Waals surface area contributed by atoms with Crippen LogP contribution in [0.4, 0.5) is 11.4 Å². The summed E-state index contributed by atoms with van der Waals surface area (Å²) in [5.41, 5.74) is 0.331. The fraction of sp³-hybridized carbons (Fsp3) is 0.474. The van der Waals surface area contributed by atoms with Crippen molar-refractivity contribution in [2.75, 3.05) is 37.4 Å². The molecule has 14 heteroatoms. The van der Waals surface area contributed by atoms with E-state index in [4.69, 9.17) is 4.74 Å². The molecule has 0 aliphatic carbocycles. The molecule has 1 N–H and O–H groups in total. The number of carbonyl (C=O) groups excluding carboxylic acids is 1. The molecule has 3 aromatic rings. The molecule has 4 rings (SSSR count). The number of nitrogens with one attached hydrogen (secondary N) is 1. The predicted octanol–water partition coefficient (Wildman–Crippen LogP) is 0.477. The lowest BCUT2D eigenvalue weighted by atomic mass is 10.2. The van der Waals surface area contributed by atoms with Crippen molar-refractivity contribution in [2.45, 2.75) is 11.7 Å². The zero-order valence-corrected chi connectivity index (χ0v) is 19.3. The van der Waals surface area contributed by atoms with E-state index in [0.717, 1.165) is 18.9 Å². The largest absolute Gasteiger partial charge is 0.379 e. The van der Waals surface area contributed by atoms with Crippen molar-refractivity contribution in [3.63, 3.8) is 0 Å². The molecule has 3 heterocycles. The Kier molecular flexibility index (Phi) is 6.49.